The molecule has 0 unspecified atom stereocenters. The highest BCUT2D eigenvalue weighted by Crippen LogP contribution is 2.59. The Balaban J connectivity index is 1.61. The largest absolute Gasteiger partial charge is 0.355 e. The minimum absolute atomic E-state index is 0.102. The predicted molar refractivity (Wildman–Crippen MR) is 90.6 cm³/mol. The fraction of sp³-hybridized carbons (Fsp3) is 0.550. The third-order valence-corrected chi connectivity index (χ3v) is 5.55. The Hall–Kier alpha value is -1.57. The van der Waals surface area contributed by atoms with E-state index in [-0.39, 0.29) is 22.7 Å². The lowest BCUT2D eigenvalue weighted by Gasteiger charge is -2.17. The van der Waals surface area contributed by atoms with Crippen molar-refractivity contribution in [1.29, 1.82) is 0 Å². The zero-order valence-corrected chi connectivity index (χ0v) is 14.1. The van der Waals surface area contributed by atoms with Crippen molar-refractivity contribution in [3.8, 4) is 0 Å². The molecule has 0 aromatic heterocycles. The number of rotatable bonds is 5. The molecule has 0 aliphatic heterocycles. The minimum atomic E-state index is 0.102. The van der Waals surface area contributed by atoms with Crippen molar-refractivity contribution >= 4 is 5.91 Å². The van der Waals surface area contributed by atoms with Crippen molar-refractivity contribution in [2.24, 2.45) is 17.3 Å². The molecule has 0 bridgehead atoms. The van der Waals surface area contributed by atoms with Gasteiger partial charge in [0.2, 0.25) is 5.91 Å². The van der Waals surface area contributed by atoms with Crippen LogP contribution in [-0.4, -0.2) is 12.5 Å². The van der Waals surface area contributed by atoms with Crippen LogP contribution >= 0.6 is 0 Å². The van der Waals surface area contributed by atoms with Crippen LogP contribution < -0.4 is 5.32 Å². The van der Waals surface area contributed by atoms with Gasteiger partial charge in [-0.1, -0.05) is 55.8 Å². The first-order chi connectivity index (χ1) is 10.4. The number of hydrogen-bond acceptors (Lipinski definition) is 1. The van der Waals surface area contributed by atoms with Gasteiger partial charge >= 0.3 is 0 Å². The fourth-order valence-electron chi connectivity index (χ4n) is 3.73. The van der Waals surface area contributed by atoms with Gasteiger partial charge < -0.3 is 5.32 Å². The molecule has 0 spiro atoms. The van der Waals surface area contributed by atoms with Gasteiger partial charge in [0, 0.05) is 12.0 Å². The van der Waals surface area contributed by atoms with Crippen molar-refractivity contribution < 1.29 is 4.79 Å². The summed E-state index contributed by atoms with van der Waals surface area (Å²) in [5, 5.41) is 3.24. The van der Waals surface area contributed by atoms with Gasteiger partial charge in [0.05, 0.1) is 5.92 Å². The quantitative estimate of drug-likeness (QED) is 0.815. The SMILES string of the molecule is CC(C)=C[C@H]1[C@@H](C(=O)NCC2(c3ccccc3)CC2)C1(C)C. The van der Waals surface area contributed by atoms with E-state index in [0.29, 0.717) is 5.92 Å². The summed E-state index contributed by atoms with van der Waals surface area (Å²) in [7, 11) is 0. The van der Waals surface area contributed by atoms with Crippen LogP contribution in [0, 0.1) is 17.3 Å². The number of benzene rings is 1. The van der Waals surface area contributed by atoms with Crippen LogP contribution in [0.2, 0.25) is 0 Å². The van der Waals surface area contributed by atoms with E-state index in [0.717, 1.165) is 6.54 Å². The highest BCUT2D eigenvalue weighted by molar-refractivity contribution is 5.83. The van der Waals surface area contributed by atoms with Gasteiger partial charge in [-0.15, -0.1) is 0 Å². The molecule has 0 heterocycles. The molecule has 1 amide bonds. The third kappa shape index (κ3) is 2.71. The normalized spacial score (nSPS) is 26.9. The lowest BCUT2D eigenvalue weighted by Crippen LogP contribution is -2.34. The average molecular weight is 297 g/mol. The summed E-state index contributed by atoms with van der Waals surface area (Å²) in [6, 6.07) is 10.6. The first kappa shape index (κ1) is 15.3. The molecular formula is C20H27NO. The van der Waals surface area contributed by atoms with Crippen LogP contribution in [0.15, 0.2) is 42.0 Å². The molecule has 0 radical (unpaired) electrons. The molecule has 2 atom stereocenters. The van der Waals surface area contributed by atoms with Gasteiger partial charge in [-0.2, -0.15) is 0 Å². The molecule has 22 heavy (non-hydrogen) atoms. The second-order valence-electron chi connectivity index (χ2n) is 7.93. The topological polar surface area (TPSA) is 29.1 Å². The first-order valence-electron chi connectivity index (χ1n) is 8.35. The molecule has 2 heteroatoms. The highest BCUT2D eigenvalue weighted by Gasteiger charge is 2.60. The zero-order valence-electron chi connectivity index (χ0n) is 14.1. The van der Waals surface area contributed by atoms with Gasteiger partial charge in [-0.3, -0.25) is 4.79 Å². The van der Waals surface area contributed by atoms with Crippen molar-refractivity contribution in [3.63, 3.8) is 0 Å². The second kappa shape index (κ2) is 5.26. The van der Waals surface area contributed by atoms with E-state index < -0.39 is 0 Å². The van der Waals surface area contributed by atoms with E-state index in [4.69, 9.17) is 0 Å². The van der Waals surface area contributed by atoms with Gasteiger partial charge in [-0.05, 0) is 43.6 Å². The standard InChI is InChI=1S/C20H27NO/c1-14(2)12-16-17(19(16,3)4)18(22)21-13-20(10-11-20)15-8-6-5-7-9-15/h5-9,12,16-17H,10-11,13H2,1-4H3,(H,21,22)/t16-,17-/m0/s1. The number of amides is 1. The summed E-state index contributed by atoms with van der Waals surface area (Å²) in [6.07, 6.45) is 4.62. The monoisotopic (exact) mass is 297 g/mol. The molecule has 118 valence electrons. The molecule has 2 saturated carbocycles. The Bertz CT molecular complexity index is 591. The number of allylic oxidation sites excluding steroid dienone is 2. The Kier molecular flexibility index (Phi) is 3.66. The van der Waals surface area contributed by atoms with Gasteiger partial charge in [0.15, 0.2) is 0 Å². The van der Waals surface area contributed by atoms with Crippen molar-refractivity contribution in [2.75, 3.05) is 6.54 Å². The van der Waals surface area contributed by atoms with E-state index in [2.05, 4.69) is 69.4 Å². The number of carbonyl (C=O) groups excluding carboxylic acids is 1. The van der Waals surface area contributed by atoms with Crippen molar-refractivity contribution in [3.05, 3.63) is 47.5 Å². The van der Waals surface area contributed by atoms with E-state index in [1.54, 1.807) is 0 Å². The molecule has 2 fully saturated rings. The molecule has 3 rings (SSSR count). The molecule has 2 nitrogen and oxygen atoms in total. The number of nitrogens with one attached hydrogen (secondary N) is 1. The van der Waals surface area contributed by atoms with Crippen LogP contribution in [0.5, 0.6) is 0 Å². The van der Waals surface area contributed by atoms with Crippen molar-refractivity contribution in [1.82, 2.24) is 5.32 Å². The maximum atomic E-state index is 12.6. The smallest absolute Gasteiger partial charge is 0.224 e. The van der Waals surface area contributed by atoms with Crippen LogP contribution in [0.1, 0.15) is 46.1 Å². The summed E-state index contributed by atoms with van der Waals surface area (Å²) in [5.41, 5.74) is 2.97. The molecule has 0 saturated heterocycles. The zero-order chi connectivity index (χ0) is 16.0. The van der Waals surface area contributed by atoms with E-state index in [9.17, 15) is 4.79 Å². The minimum Gasteiger partial charge on any atom is -0.355 e. The predicted octanol–water partition coefficient (Wildman–Crippen LogP) is 4.07. The Morgan fingerprint density at radius 1 is 1.23 bits per heavy atom. The number of carbonyl (C=O) groups is 1. The molecule has 1 N–H and O–H groups in total. The molecule has 2 aliphatic rings. The molecular weight excluding hydrogens is 270 g/mol. The second-order valence-corrected chi connectivity index (χ2v) is 7.93. The first-order valence-corrected chi connectivity index (χ1v) is 8.35. The van der Waals surface area contributed by atoms with E-state index in [1.807, 2.05) is 0 Å². The maximum absolute atomic E-state index is 12.6. The summed E-state index contributed by atoms with van der Waals surface area (Å²) >= 11 is 0. The maximum Gasteiger partial charge on any atom is 0.224 e. The Labute approximate surface area is 134 Å². The van der Waals surface area contributed by atoms with Gasteiger partial charge in [-0.25, -0.2) is 0 Å². The molecule has 1 aromatic carbocycles. The van der Waals surface area contributed by atoms with Gasteiger partial charge in [0.1, 0.15) is 0 Å². The third-order valence-electron chi connectivity index (χ3n) is 5.55. The van der Waals surface area contributed by atoms with Crippen LogP contribution in [0.4, 0.5) is 0 Å². The molecule has 1 aromatic rings. The van der Waals surface area contributed by atoms with Gasteiger partial charge in [0.25, 0.3) is 0 Å². The summed E-state index contributed by atoms with van der Waals surface area (Å²) < 4.78 is 0. The summed E-state index contributed by atoms with van der Waals surface area (Å²) in [6.45, 7) is 9.40. The highest BCUT2D eigenvalue weighted by atomic mass is 16.2. The fourth-order valence-corrected chi connectivity index (χ4v) is 3.73. The summed E-state index contributed by atoms with van der Waals surface area (Å²) in [4.78, 5) is 12.6. The average Bonchev–Trinajstić information content (AvgIpc) is 3.35. The van der Waals surface area contributed by atoms with Crippen LogP contribution in [0.25, 0.3) is 0 Å². The van der Waals surface area contributed by atoms with Crippen LogP contribution in [-0.2, 0) is 10.2 Å². The lowest BCUT2D eigenvalue weighted by atomic mass is 9.96. The van der Waals surface area contributed by atoms with E-state index >= 15 is 0 Å². The lowest BCUT2D eigenvalue weighted by molar-refractivity contribution is -0.123. The number of hydrogen-bond donors (Lipinski definition) is 1. The Morgan fingerprint density at radius 2 is 1.86 bits per heavy atom. The molecule has 2 aliphatic carbocycles. The van der Waals surface area contributed by atoms with Crippen LogP contribution in [0.3, 0.4) is 0 Å². The van der Waals surface area contributed by atoms with Crippen molar-refractivity contribution in [2.45, 2.75) is 46.0 Å². The summed E-state index contributed by atoms with van der Waals surface area (Å²) in [5.74, 6) is 0.757. The Morgan fingerprint density at radius 3 is 2.41 bits per heavy atom. The van der Waals surface area contributed by atoms with E-state index in [1.165, 1.54) is 24.0 Å².